The second kappa shape index (κ2) is 7.88. The molecule has 2 nitrogen and oxygen atoms in total. The monoisotopic (exact) mass is 362 g/mol. The van der Waals surface area contributed by atoms with E-state index in [4.69, 9.17) is 4.74 Å². The molecule has 0 radical (unpaired) electrons. The molecular weight excluding hydrogens is 332 g/mol. The number of ether oxygens (including phenoxy) is 1. The Morgan fingerprint density at radius 3 is 2.74 bits per heavy atom. The molecule has 1 heterocycles. The number of rotatable bonds is 2. The fourth-order valence-electron chi connectivity index (χ4n) is 4.89. The molecule has 0 N–H and O–H groups in total. The van der Waals surface area contributed by atoms with E-state index in [1.54, 1.807) is 0 Å². The van der Waals surface area contributed by atoms with Crippen LogP contribution in [0.4, 0.5) is 0 Å². The van der Waals surface area contributed by atoms with E-state index in [9.17, 15) is 4.79 Å². The molecule has 0 spiro atoms. The first-order valence-electron chi connectivity index (χ1n) is 10.5. The molecule has 4 rings (SSSR count). The number of carbonyl (C=O) groups is 1. The van der Waals surface area contributed by atoms with Crippen molar-refractivity contribution in [2.45, 2.75) is 64.7 Å². The molecule has 2 unspecified atom stereocenters. The van der Waals surface area contributed by atoms with Crippen LogP contribution in [0.3, 0.4) is 0 Å². The van der Waals surface area contributed by atoms with Crippen molar-refractivity contribution in [3.63, 3.8) is 0 Å². The SMILES string of the molecule is Cc1cccc(-c2ccc3c(c2)CCC3)c1C1CCOC(=O)CC(C)CC1. The summed E-state index contributed by atoms with van der Waals surface area (Å²) in [7, 11) is 0. The number of carbonyl (C=O) groups excluding carboxylic acids is 1. The van der Waals surface area contributed by atoms with Gasteiger partial charge in [-0.2, -0.15) is 0 Å². The zero-order valence-electron chi connectivity index (χ0n) is 16.6. The largest absolute Gasteiger partial charge is 0.466 e. The van der Waals surface area contributed by atoms with Crippen molar-refractivity contribution in [1.82, 2.24) is 0 Å². The van der Waals surface area contributed by atoms with Crippen LogP contribution in [-0.2, 0) is 22.4 Å². The average molecular weight is 363 g/mol. The first kappa shape index (κ1) is 18.3. The number of hydrogen-bond donors (Lipinski definition) is 0. The van der Waals surface area contributed by atoms with Crippen LogP contribution in [0.1, 0.15) is 67.2 Å². The predicted molar refractivity (Wildman–Crippen MR) is 110 cm³/mol. The first-order valence-corrected chi connectivity index (χ1v) is 10.5. The van der Waals surface area contributed by atoms with Crippen molar-refractivity contribution >= 4 is 5.97 Å². The maximum Gasteiger partial charge on any atom is 0.306 e. The lowest BCUT2D eigenvalue weighted by molar-refractivity contribution is -0.144. The third kappa shape index (κ3) is 3.95. The van der Waals surface area contributed by atoms with Crippen LogP contribution in [0, 0.1) is 12.8 Å². The summed E-state index contributed by atoms with van der Waals surface area (Å²) in [6.45, 7) is 4.94. The van der Waals surface area contributed by atoms with Gasteiger partial charge in [-0.05, 0) is 90.7 Å². The summed E-state index contributed by atoms with van der Waals surface area (Å²) in [6, 6.07) is 13.7. The lowest BCUT2D eigenvalue weighted by atomic mass is 9.81. The van der Waals surface area contributed by atoms with E-state index in [2.05, 4.69) is 50.2 Å². The number of hydrogen-bond acceptors (Lipinski definition) is 2. The lowest BCUT2D eigenvalue weighted by Crippen LogP contribution is -2.09. The molecule has 2 heteroatoms. The lowest BCUT2D eigenvalue weighted by Gasteiger charge is -2.23. The Kier molecular flexibility index (Phi) is 5.33. The minimum atomic E-state index is -0.0354. The predicted octanol–water partition coefficient (Wildman–Crippen LogP) is 5.99. The highest BCUT2D eigenvalue weighted by atomic mass is 16.5. The fourth-order valence-corrected chi connectivity index (χ4v) is 4.89. The Morgan fingerprint density at radius 1 is 1.00 bits per heavy atom. The molecule has 142 valence electrons. The first-order chi connectivity index (χ1) is 13.1. The summed E-state index contributed by atoms with van der Waals surface area (Å²) in [5.74, 6) is 0.806. The topological polar surface area (TPSA) is 26.3 Å². The molecule has 2 atom stereocenters. The van der Waals surface area contributed by atoms with Crippen LogP contribution in [0.15, 0.2) is 36.4 Å². The van der Waals surface area contributed by atoms with Crippen molar-refractivity contribution < 1.29 is 9.53 Å². The zero-order chi connectivity index (χ0) is 18.8. The van der Waals surface area contributed by atoms with Gasteiger partial charge in [0, 0.05) is 6.42 Å². The normalized spacial score (nSPS) is 23.1. The Labute approximate surface area is 162 Å². The molecule has 1 aliphatic carbocycles. The van der Waals surface area contributed by atoms with E-state index in [1.165, 1.54) is 52.6 Å². The Morgan fingerprint density at radius 2 is 1.85 bits per heavy atom. The molecule has 0 bridgehead atoms. The minimum Gasteiger partial charge on any atom is -0.466 e. The van der Waals surface area contributed by atoms with Crippen molar-refractivity contribution in [1.29, 1.82) is 0 Å². The summed E-state index contributed by atoms with van der Waals surface area (Å²) in [6.07, 6.45) is 7.40. The van der Waals surface area contributed by atoms with Crippen LogP contribution in [-0.4, -0.2) is 12.6 Å². The van der Waals surface area contributed by atoms with Crippen molar-refractivity contribution in [3.05, 3.63) is 58.7 Å². The number of cyclic esters (lactones) is 1. The van der Waals surface area contributed by atoms with Gasteiger partial charge in [0.2, 0.25) is 0 Å². The fraction of sp³-hybridized carbons (Fsp3) is 0.480. The highest BCUT2D eigenvalue weighted by Crippen LogP contribution is 2.39. The molecule has 27 heavy (non-hydrogen) atoms. The zero-order valence-corrected chi connectivity index (χ0v) is 16.6. The molecule has 1 aliphatic heterocycles. The van der Waals surface area contributed by atoms with Gasteiger partial charge in [0.1, 0.15) is 0 Å². The van der Waals surface area contributed by atoms with Crippen LogP contribution in [0.2, 0.25) is 0 Å². The van der Waals surface area contributed by atoms with Crippen LogP contribution >= 0.6 is 0 Å². The molecule has 0 amide bonds. The van der Waals surface area contributed by atoms with E-state index >= 15 is 0 Å². The molecule has 1 saturated heterocycles. The minimum absolute atomic E-state index is 0.0354. The van der Waals surface area contributed by atoms with E-state index in [-0.39, 0.29) is 5.97 Å². The maximum atomic E-state index is 11.9. The molecule has 0 saturated carbocycles. The summed E-state index contributed by atoms with van der Waals surface area (Å²) in [4.78, 5) is 11.9. The van der Waals surface area contributed by atoms with Gasteiger partial charge >= 0.3 is 5.97 Å². The summed E-state index contributed by atoms with van der Waals surface area (Å²) in [5, 5.41) is 0. The standard InChI is InChI=1S/C25H30O2/c1-17-9-10-20(13-14-27-24(26)15-17)25-18(2)5-3-8-23(25)22-12-11-19-6-4-7-21(19)16-22/h3,5,8,11-12,16-17,20H,4,6-7,9-10,13-15H2,1-2H3. The van der Waals surface area contributed by atoms with E-state index in [1.807, 2.05) is 0 Å². The maximum absolute atomic E-state index is 11.9. The highest BCUT2D eigenvalue weighted by Gasteiger charge is 2.23. The van der Waals surface area contributed by atoms with Gasteiger partial charge < -0.3 is 4.74 Å². The van der Waals surface area contributed by atoms with Crippen molar-refractivity contribution in [3.8, 4) is 11.1 Å². The van der Waals surface area contributed by atoms with Crippen LogP contribution in [0.5, 0.6) is 0 Å². The summed E-state index contributed by atoms with van der Waals surface area (Å²) < 4.78 is 5.49. The van der Waals surface area contributed by atoms with Crippen LogP contribution < -0.4 is 0 Å². The molecular formula is C25H30O2. The van der Waals surface area contributed by atoms with Gasteiger partial charge in [0.15, 0.2) is 0 Å². The van der Waals surface area contributed by atoms with Gasteiger partial charge in [-0.15, -0.1) is 0 Å². The highest BCUT2D eigenvalue weighted by molar-refractivity contribution is 5.71. The van der Waals surface area contributed by atoms with E-state index < -0.39 is 0 Å². The summed E-state index contributed by atoms with van der Waals surface area (Å²) >= 11 is 0. The third-order valence-corrected chi connectivity index (χ3v) is 6.39. The molecule has 1 fully saturated rings. The summed E-state index contributed by atoms with van der Waals surface area (Å²) in [5.41, 5.74) is 8.58. The van der Waals surface area contributed by atoms with Gasteiger partial charge in [-0.1, -0.05) is 43.3 Å². The Balaban J connectivity index is 1.71. The van der Waals surface area contributed by atoms with Crippen molar-refractivity contribution in [2.75, 3.05) is 6.61 Å². The number of fused-ring (bicyclic) bond motifs is 1. The van der Waals surface area contributed by atoms with Gasteiger partial charge in [0.05, 0.1) is 6.61 Å². The average Bonchev–Trinajstić information content (AvgIpc) is 3.13. The molecule has 2 aromatic rings. The molecule has 2 aromatic carbocycles. The molecule has 2 aliphatic rings. The number of aryl methyl sites for hydroxylation is 3. The second-order valence-electron chi connectivity index (χ2n) is 8.47. The van der Waals surface area contributed by atoms with E-state index in [0.29, 0.717) is 24.9 Å². The Hall–Kier alpha value is -2.09. The van der Waals surface area contributed by atoms with Crippen molar-refractivity contribution in [2.24, 2.45) is 5.92 Å². The third-order valence-electron chi connectivity index (χ3n) is 6.39. The van der Waals surface area contributed by atoms with Crippen LogP contribution in [0.25, 0.3) is 11.1 Å². The molecule has 0 aromatic heterocycles. The number of esters is 1. The van der Waals surface area contributed by atoms with Gasteiger partial charge in [-0.25, -0.2) is 0 Å². The quantitative estimate of drug-likeness (QED) is 0.614. The second-order valence-corrected chi connectivity index (χ2v) is 8.47. The van der Waals surface area contributed by atoms with Gasteiger partial charge in [0.25, 0.3) is 0 Å². The Bertz CT molecular complexity index is 836. The smallest absolute Gasteiger partial charge is 0.306 e. The van der Waals surface area contributed by atoms with Gasteiger partial charge in [-0.3, -0.25) is 4.79 Å². The number of benzene rings is 2. The van der Waals surface area contributed by atoms with E-state index in [0.717, 1.165) is 19.3 Å².